The summed E-state index contributed by atoms with van der Waals surface area (Å²) in [7, 11) is 0. The van der Waals surface area contributed by atoms with Crippen molar-refractivity contribution in [2.45, 2.75) is 13.5 Å². The van der Waals surface area contributed by atoms with Gasteiger partial charge >= 0.3 is 0 Å². The van der Waals surface area contributed by atoms with Crippen LogP contribution in [-0.2, 0) is 11.3 Å². The number of nitrogens with zero attached hydrogens (tertiary/aromatic N) is 2. The normalized spacial score (nSPS) is 11.3. The third-order valence-electron chi connectivity index (χ3n) is 4.44. The fourth-order valence-corrected chi connectivity index (χ4v) is 3.43. The van der Waals surface area contributed by atoms with Gasteiger partial charge in [0.05, 0.1) is 15.7 Å². The summed E-state index contributed by atoms with van der Waals surface area (Å²) in [6, 6.07) is 14.8. The van der Waals surface area contributed by atoms with E-state index < -0.39 is 5.91 Å². The molecule has 0 spiro atoms. The minimum absolute atomic E-state index is 0.0272. The summed E-state index contributed by atoms with van der Waals surface area (Å²) >= 11 is 12.1. The van der Waals surface area contributed by atoms with Crippen molar-refractivity contribution in [3.8, 4) is 6.07 Å². The Hall–Kier alpha value is -3.00. The Morgan fingerprint density at radius 2 is 2.00 bits per heavy atom. The average Bonchev–Trinajstić information content (AvgIpc) is 2.95. The lowest BCUT2D eigenvalue weighted by Crippen LogP contribution is -2.13. The van der Waals surface area contributed by atoms with Crippen LogP contribution in [0.25, 0.3) is 17.0 Å². The van der Waals surface area contributed by atoms with Gasteiger partial charge in [-0.25, -0.2) is 0 Å². The molecule has 1 heterocycles. The molecule has 0 aliphatic rings. The maximum absolute atomic E-state index is 12.7. The van der Waals surface area contributed by atoms with E-state index in [1.807, 2.05) is 43.3 Å². The van der Waals surface area contributed by atoms with Gasteiger partial charge in [-0.1, -0.05) is 53.5 Å². The predicted molar refractivity (Wildman–Crippen MR) is 116 cm³/mol. The number of nitriles is 1. The lowest BCUT2D eigenvalue weighted by Gasteiger charge is -2.08. The molecule has 6 heteroatoms. The molecule has 0 aliphatic heterocycles. The van der Waals surface area contributed by atoms with Crippen molar-refractivity contribution in [1.29, 1.82) is 5.26 Å². The van der Waals surface area contributed by atoms with E-state index in [2.05, 4.69) is 16.5 Å². The zero-order valence-corrected chi connectivity index (χ0v) is 16.7. The first-order chi connectivity index (χ1) is 13.5. The molecular weight excluding hydrogens is 393 g/mol. The van der Waals surface area contributed by atoms with Crippen LogP contribution < -0.4 is 5.32 Å². The third kappa shape index (κ3) is 3.68. The summed E-state index contributed by atoms with van der Waals surface area (Å²) in [5, 5.41) is 13.7. The summed E-state index contributed by atoms with van der Waals surface area (Å²) in [5.41, 5.74) is 3.11. The predicted octanol–water partition coefficient (Wildman–Crippen LogP) is 5.99. The van der Waals surface area contributed by atoms with E-state index >= 15 is 0 Å². The second-order valence-electron chi connectivity index (χ2n) is 6.14. The standard InChI is InChI=1S/C22H17Cl2N3O/c1-3-11-27-14(2)17(16-7-4-5-10-20(16)27)12-15(13-25)22(28)26-19-9-6-8-18(23)21(19)24/h3-10,12H,1,11H2,2H3,(H,26,28)/b15-12-. The molecule has 28 heavy (non-hydrogen) atoms. The highest BCUT2D eigenvalue weighted by Gasteiger charge is 2.16. The Kier molecular flexibility index (Phi) is 5.89. The Labute approximate surface area is 173 Å². The van der Waals surface area contributed by atoms with Crippen LogP contribution in [0.4, 0.5) is 5.69 Å². The van der Waals surface area contributed by atoms with Crippen LogP contribution in [0.3, 0.4) is 0 Å². The summed E-state index contributed by atoms with van der Waals surface area (Å²) in [6.07, 6.45) is 3.41. The second-order valence-corrected chi connectivity index (χ2v) is 6.93. The fourth-order valence-electron chi connectivity index (χ4n) is 3.09. The highest BCUT2D eigenvalue weighted by molar-refractivity contribution is 6.44. The molecule has 0 bridgehead atoms. The van der Waals surface area contributed by atoms with Gasteiger partial charge in [0.1, 0.15) is 11.6 Å². The number of hydrogen-bond acceptors (Lipinski definition) is 2. The van der Waals surface area contributed by atoms with Crippen LogP contribution >= 0.6 is 23.2 Å². The van der Waals surface area contributed by atoms with Gasteiger partial charge in [0.25, 0.3) is 5.91 Å². The molecule has 140 valence electrons. The number of rotatable bonds is 5. The van der Waals surface area contributed by atoms with Gasteiger partial charge < -0.3 is 9.88 Å². The SMILES string of the molecule is C=CCn1c(C)c(/C=C(/C#N)C(=O)Nc2cccc(Cl)c2Cl)c2ccccc21. The van der Waals surface area contributed by atoms with Crippen molar-refractivity contribution < 1.29 is 4.79 Å². The maximum Gasteiger partial charge on any atom is 0.266 e. The minimum Gasteiger partial charge on any atom is -0.340 e. The Bertz CT molecular complexity index is 1150. The smallest absolute Gasteiger partial charge is 0.266 e. The highest BCUT2D eigenvalue weighted by Crippen LogP contribution is 2.31. The van der Waals surface area contributed by atoms with Crippen LogP contribution in [0.2, 0.25) is 10.0 Å². The highest BCUT2D eigenvalue weighted by atomic mass is 35.5. The van der Waals surface area contributed by atoms with Crippen molar-refractivity contribution in [2.24, 2.45) is 0 Å². The number of benzene rings is 2. The number of fused-ring (bicyclic) bond motifs is 1. The molecule has 2 aromatic carbocycles. The van der Waals surface area contributed by atoms with Crippen LogP contribution in [0.1, 0.15) is 11.3 Å². The molecule has 3 rings (SSSR count). The molecule has 1 N–H and O–H groups in total. The lowest BCUT2D eigenvalue weighted by molar-refractivity contribution is -0.112. The quantitative estimate of drug-likeness (QED) is 0.319. The molecule has 3 aromatic rings. The molecule has 0 saturated carbocycles. The average molecular weight is 410 g/mol. The number of aromatic nitrogens is 1. The molecule has 0 radical (unpaired) electrons. The van der Waals surface area contributed by atoms with Crippen molar-refractivity contribution in [3.05, 3.63) is 82.0 Å². The molecule has 0 unspecified atom stereocenters. The first-order valence-corrected chi connectivity index (χ1v) is 9.29. The topological polar surface area (TPSA) is 57.8 Å². The summed E-state index contributed by atoms with van der Waals surface area (Å²) in [4.78, 5) is 12.7. The number of halogens is 2. The van der Waals surface area contributed by atoms with E-state index in [9.17, 15) is 10.1 Å². The maximum atomic E-state index is 12.7. The number of amides is 1. The Morgan fingerprint density at radius 3 is 2.71 bits per heavy atom. The fraction of sp³-hybridized carbons (Fsp3) is 0.0909. The lowest BCUT2D eigenvalue weighted by atomic mass is 10.1. The van der Waals surface area contributed by atoms with Gasteiger partial charge in [-0.3, -0.25) is 4.79 Å². The molecule has 1 amide bonds. The largest absolute Gasteiger partial charge is 0.340 e. The van der Waals surface area contributed by atoms with E-state index in [0.29, 0.717) is 17.3 Å². The van der Waals surface area contributed by atoms with Crippen molar-refractivity contribution >= 4 is 51.8 Å². The van der Waals surface area contributed by atoms with Crippen molar-refractivity contribution in [1.82, 2.24) is 4.57 Å². The Morgan fingerprint density at radius 1 is 1.25 bits per heavy atom. The van der Waals surface area contributed by atoms with E-state index in [4.69, 9.17) is 23.2 Å². The number of allylic oxidation sites excluding steroid dienone is 1. The summed E-state index contributed by atoms with van der Waals surface area (Å²) in [6.45, 7) is 6.39. The van der Waals surface area contributed by atoms with Gasteiger partial charge in [0.2, 0.25) is 0 Å². The molecule has 0 saturated heterocycles. The summed E-state index contributed by atoms with van der Waals surface area (Å²) < 4.78 is 2.09. The zero-order chi connectivity index (χ0) is 20.3. The number of nitrogens with one attached hydrogen (secondary N) is 1. The summed E-state index contributed by atoms with van der Waals surface area (Å²) in [5.74, 6) is -0.549. The number of carbonyl (C=O) groups excluding carboxylic acids is 1. The van der Waals surface area contributed by atoms with E-state index in [-0.39, 0.29) is 10.6 Å². The zero-order valence-electron chi connectivity index (χ0n) is 15.2. The molecular formula is C22H17Cl2N3O. The van der Waals surface area contributed by atoms with E-state index in [1.165, 1.54) is 0 Å². The van der Waals surface area contributed by atoms with Gasteiger partial charge in [0, 0.05) is 28.7 Å². The van der Waals surface area contributed by atoms with Crippen LogP contribution in [-0.4, -0.2) is 10.5 Å². The van der Waals surface area contributed by atoms with E-state index in [0.717, 1.165) is 22.2 Å². The minimum atomic E-state index is -0.549. The van der Waals surface area contributed by atoms with Gasteiger partial charge in [-0.05, 0) is 31.2 Å². The third-order valence-corrected chi connectivity index (χ3v) is 5.26. The van der Waals surface area contributed by atoms with Gasteiger partial charge in [-0.2, -0.15) is 5.26 Å². The molecule has 0 fully saturated rings. The first kappa shape index (κ1) is 19.8. The van der Waals surface area contributed by atoms with Crippen LogP contribution in [0.5, 0.6) is 0 Å². The van der Waals surface area contributed by atoms with Crippen LogP contribution in [0.15, 0.2) is 60.7 Å². The molecule has 0 atom stereocenters. The number of para-hydroxylation sites is 1. The van der Waals surface area contributed by atoms with Crippen molar-refractivity contribution in [3.63, 3.8) is 0 Å². The number of hydrogen-bond donors (Lipinski definition) is 1. The van der Waals surface area contributed by atoms with Crippen LogP contribution in [0, 0.1) is 18.3 Å². The molecule has 4 nitrogen and oxygen atoms in total. The first-order valence-electron chi connectivity index (χ1n) is 8.53. The number of anilines is 1. The molecule has 0 aliphatic carbocycles. The number of carbonyl (C=O) groups is 1. The van der Waals surface area contributed by atoms with E-state index in [1.54, 1.807) is 24.3 Å². The van der Waals surface area contributed by atoms with Crippen molar-refractivity contribution in [2.75, 3.05) is 5.32 Å². The monoisotopic (exact) mass is 409 g/mol. The molecule has 1 aromatic heterocycles. The van der Waals surface area contributed by atoms with Gasteiger partial charge in [-0.15, -0.1) is 6.58 Å². The Balaban J connectivity index is 2.05. The second kappa shape index (κ2) is 8.35. The van der Waals surface area contributed by atoms with Gasteiger partial charge in [0.15, 0.2) is 0 Å².